The molecule has 0 radical (unpaired) electrons. The molecule has 0 aromatic carbocycles. The van der Waals surface area contributed by atoms with E-state index in [1.54, 1.807) is 17.5 Å². The van der Waals surface area contributed by atoms with Gasteiger partial charge < -0.3 is 10.4 Å². The van der Waals surface area contributed by atoms with E-state index in [1.165, 1.54) is 0 Å². The van der Waals surface area contributed by atoms with Crippen molar-refractivity contribution in [1.29, 1.82) is 0 Å². The number of carbonyl (C=O) groups excluding carboxylic acids is 1. The maximum Gasteiger partial charge on any atom is 0.471 e. The predicted molar refractivity (Wildman–Crippen MR) is 49.8 cm³/mol. The van der Waals surface area contributed by atoms with Crippen molar-refractivity contribution in [2.75, 3.05) is 0 Å². The van der Waals surface area contributed by atoms with Crippen molar-refractivity contribution in [3.63, 3.8) is 0 Å². The number of aliphatic carboxylic acids is 1. The van der Waals surface area contributed by atoms with Crippen LogP contribution >= 0.6 is 0 Å². The Bertz CT molecular complexity index is 391. The van der Waals surface area contributed by atoms with E-state index in [1.807, 2.05) is 0 Å². The second-order valence-corrected chi connectivity index (χ2v) is 4.31. The highest BCUT2D eigenvalue weighted by molar-refractivity contribution is 5.83. The standard InChI is InChI=1S/C10H10F3NO3/c11-10(12,13)9(17)14-7-5-2-1-4(3-5)6(7)8(15)16/h1-2,4-7H,3H2,(H,14,17)(H,15,16)/t4?,5?,6-,7-/m0/s1. The first-order valence-corrected chi connectivity index (χ1v) is 5.09. The number of amides is 1. The Morgan fingerprint density at radius 1 is 1.24 bits per heavy atom. The lowest BCUT2D eigenvalue weighted by Gasteiger charge is -2.26. The van der Waals surface area contributed by atoms with Crippen LogP contribution < -0.4 is 5.32 Å². The fourth-order valence-corrected chi connectivity index (χ4v) is 2.59. The Labute approximate surface area is 94.5 Å². The van der Waals surface area contributed by atoms with E-state index in [4.69, 9.17) is 5.11 Å². The maximum absolute atomic E-state index is 12.1. The van der Waals surface area contributed by atoms with Crippen molar-refractivity contribution in [3.05, 3.63) is 12.2 Å². The largest absolute Gasteiger partial charge is 0.481 e. The molecule has 2 rings (SSSR count). The molecular weight excluding hydrogens is 239 g/mol. The van der Waals surface area contributed by atoms with Crippen LogP contribution in [-0.4, -0.2) is 29.2 Å². The van der Waals surface area contributed by atoms with E-state index in [-0.39, 0.29) is 11.8 Å². The van der Waals surface area contributed by atoms with E-state index < -0.39 is 30.0 Å². The summed E-state index contributed by atoms with van der Waals surface area (Å²) in [5, 5.41) is 10.7. The summed E-state index contributed by atoms with van der Waals surface area (Å²) in [4.78, 5) is 21.8. The molecule has 1 amide bonds. The predicted octanol–water partition coefficient (Wildman–Crippen LogP) is 0.940. The lowest BCUT2D eigenvalue weighted by molar-refractivity contribution is -0.175. The molecule has 0 spiro atoms. The van der Waals surface area contributed by atoms with Crippen molar-refractivity contribution >= 4 is 11.9 Å². The number of allylic oxidation sites excluding steroid dienone is 1. The average molecular weight is 249 g/mol. The van der Waals surface area contributed by atoms with Gasteiger partial charge >= 0.3 is 18.1 Å². The van der Waals surface area contributed by atoms with Gasteiger partial charge in [-0.1, -0.05) is 12.2 Å². The average Bonchev–Trinajstić information content (AvgIpc) is 2.75. The molecule has 4 atom stereocenters. The molecule has 17 heavy (non-hydrogen) atoms. The fraction of sp³-hybridized carbons (Fsp3) is 0.600. The van der Waals surface area contributed by atoms with Gasteiger partial charge in [0.1, 0.15) is 0 Å². The van der Waals surface area contributed by atoms with Gasteiger partial charge in [-0.3, -0.25) is 9.59 Å². The minimum absolute atomic E-state index is 0.281. The number of nitrogens with one attached hydrogen (secondary N) is 1. The molecule has 7 heteroatoms. The molecule has 2 N–H and O–H groups in total. The summed E-state index contributed by atoms with van der Waals surface area (Å²) < 4.78 is 36.3. The molecule has 0 aromatic heterocycles. The van der Waals surface area contributed by atoms with Crippen LogP contribution in [0.1, 0.15) is 6.42 Å². The van der Waals surface area contributed by atoms with Crippen molar-refractivity contribution in [2.24, 2.45) is 17.8 Å². The second kappa shape index (κ2) is 3.75. The number of hydrogen-bond donors (Lipinski definition) is 2. The molecule has 4 nitrogen and oxygen atoms in total. The molecule has 2 unspecified atom stereocenters. The molecule has 2 aliphatic carbocycles. The zero-order valence-electron chi connectivity index (χ0n) is 8.57. The molecule has 94 valence electrons. The molecular formula is C10H10F3NO3. The van der Waals surface area contributed by atoms with Crippen molar-refractivity contribution in [2.45, 2.75) is 18.6 Å². The summed E-state index contributed by atoms with van der Waals surface area (Å²) in [6.07, 6.45) is -1.13. The van der Waals surface area contributed by atoms with E-state index in [0.29, 0.717) is 6.42 Å². The topological polar surface area (TPSA) is 66.4 Å². The number of rotatable bonds is 2. The molecule has 2 aliphatic rings. The number of carboxylic acid groups (broad SMARTS) is 1. The Kier molecular flexibility index (Phi) is 2.63. The Morgan fingerprint density at radius 3 is 2.35 bits per heavy atom. The van der Waals surface area contributed by atoms with Crippen LogP contribution in [0.2, 0.25) is 0 Å². The van der Waals surface area contributed by atoms with Gasteiger partial charge in [0.05, 0.1) is 5.92 Å². The summed E-state index contributed by atoms with van der Waals surface area (Å²) in [5.41, 5.74) is 0. The van der Waals surface area contributed by atoms with Gasteiger partial charge in [-0.2, -0.15) is 13.2 Å². The Hall–Kier alpha value is -1.53. The van der Waals surface area contributed by atoms with E-state index >= 15 is 0 Å². The smallest absolute Gasteiger partial charge is 0.471 e. The summed E-state index contributed by atoms with van der Waals surface area (Å²) >= 11 is 0. The number of alkyl halides is 3. The molecule has 0 saturated heterocycles. The quantitative estimate of drug-likeness (QED) is 0.716. The van der Waals surface area contributed by atoms with E-state index in [9.17, 15) is 22.8 Å². The number of fused-ring (bicyclic) bond motifs is 2. The third kappa shape index (κ3) is 2.01. The van der Waals surface area contributed by atoms with Gasteiger partial charge in [0.2, 0.25) is 0 Å². The minimum Gasteiger partial charge on any atom is -0.481 e. The van der Waals surface area contributed by atoms with Gasteiger partial charge in [0.25, 0.3) is 0 Å². The van der Waals surface area contributed by atoms with Crippen LogP contribution in [-0.2, 0) is 9.59 Å². The van der Waals surface area contributed by atoms with Crippen molar-refractivity contribution < 1.29 is 27.9 Å². The van der Waals surface area contributed by atoms with Crippen LogP contribution in [0.15, 0.2) is 12.2 Å². The number of halogens is 3. The molecule has 1 fully saturated rings. The highest BCUT2D eigenvalue weighted by atomic mass is 19.4. The molecule has 2 bridgehead atoms. The molecule has 0 aliphatic heterocycles. The Morgan fingerprint density at radius 2 is 1.82 bits per heavy atom. The SMILES string of the molecule is O=C(O)[C@H]1C2C=CC(C2)[C@@H]1NC(=O)C(F)(F)F. The zero-order valence-corrected chi connectivity index (χ0v) is 8.57. The third-order valence-corrected chi connectivity index (χ3v) is 3.30. The number of carboxylic acids is 1. The van der Waals surface area contributed by atoms with Crippen molar-refractivity contribution in [1.82, 2.24) is 5.32 Å². The minimum atomic E-state index is -4.98. The summed E-state index contributed by atoms with van der Waals surface area (Å²) in [7, 11) is 0. The van der Waals surface area contributed by atoms with Crippen LogP contribution in [0, 0.1) is 17.8 Å². The summed E-state index contributed by atoms with van der Waals surface area (Å²) in [5.74, 6) is -4.80. The van der Waals surface area contributed by atoms with Gasteiger partial charge in [0, 0.05) is 6.04 Å². The lowest BCUT2D eigenvalue weighted by Crippen LogP contribution is -2.50. The van der Waals surface area contributed by atoms with Gasteiger partial charge in [-0.05, 0) is 18.3 Å². The monoisotopic (exact) mass is 249 g/mol. The van der Waals surface area contributed by atoms with E-state index in [2.05, 4.69) is 0 Å². The van der Waals surface area contributed by atoms with Crippen LogP contribution in [0.4, 0.5) is 13.2 Å². The fourth-order valence-electron chi connectivity index (χ4n) is 2.59. The summed E-state index contributed by atoms with van der Waals surface area (Å²) in [6, 6.07) is -0.961. The second-order valence-electron chi connectivity index (χ2n) is 4.31. The highest BCUT2D eigenvalue weighted by Crippen LogP contribution is 2.44. The van der Waals surface area contributed by atoms with Crippen molar-refractivity contribution in [3.8, 4) is 0 Å². The highest BCUT2D eigenvalue weighted by Gasteiger charge is 2.51. The zero-order chi connectivity index (χ0) is 12.8. The van der Waals surface area contributed by atoms with E-state index in [0.717, 1.165) is 0 Å². The normalized spacial score (nSPS) is 35.0. The molecule has 0 aromatic rings. The number of hydrogen-bond acceptors (Lipinski definition) is 2. The maximum atomic E-state index is 12.1. The molecule has 0 heterocycles. The van der Waals surface area contributed by atoms with Crippen LogP contribution in [0.5, 0.6) is 0 Å². The summed E-state index contributed by atoms with van der Waals surface area (Å²) in [6.45, 7) is 0. The Balaban J connectivity index is 2.13. The van der Waals surface area contributed by atoms with Gasteiger partial charge in [-0.15, -0.1) is 0 Å². The first kappa shape index (κ1) is 11.9. The van der Waals surface area contributed by atoms with Crippen LogP contribution in [0.3, 0.4) is 0 Å². The van der Waals surface area contributed by atoms with Crippen LogP contribution in [0.25, 0.3) is 0 Å². The van der Waals surface area contributed by atoms with Gasteiger partial charge in [0.15, 0.2) is 0 Å². The molecule has 1 saturated carbocycles. The first-order valence-electron chi connectivity index (χ1n) is 5.09. The number of carbonyl (C=O) groups is 2. The first-order chi connectivity index (χ1) is 7.80. The lowest BCUT2D eigenvalue weighted by atomic mass is 9.89. The third-order valence-electron chi connectivity index (χ3n) is 3.30. The van der Waals surface area contributed by atoms with Gasteiger partial charge in [-0.25, -0.2) is 0 Å².